The average Bonchev–Trinajstić information content (AvgIpc) is 2.95. The van der Waals surface area contributed by atoms with Crippen LogP contribution in [0.1, 0.15) is 0 Å². The molecular weight excluding hydrogens is 339 g/mol. The van der Waals surface area contributed by atoms with Gasteiger partial charge in [0.2, 0.25) is 5.91 Å². The van der Waals surface area contributed by atoms with Crippen LogP contribution >= 0.6 is 22.9 Å². The molecule has 1 aromatic carbocycles. The van der Waals surface area contributed by atoms with Crippen molar-refractivity contribution in [3.8, 4) is 0 Å². The molecule has 118 valence electrons. The smallest absolute Gasteiger partial charge is 0.244 e. The number of para-hydroxylation sites is 1. The van der Waals surface area contributed by atoms with Gasteiger partial charge in [-0.1, -0.05) is 29.0 Å². The van der Waals surface area contributed by atoms with Crippen LogP contribution < -0.4 is 10.2 Å². The zero-order valence-corrected chi connectivity index (χ0v) is 13.7. The van der Waals surface area contributed by atoms with Gasteiger partial charge in [0.15, 0.2) is 5.13 Å². The summed E-state index contributed by atoms with van der Waals surface area (Å²) in [6, 6.07) is 8.07. The highest BCUT2D eigenvalue weighted by molar-refractivity contribution is 7.22. The van der Waals surface area contributed by atoms with E-state index in [-0.39, 0.29) is 18.3 Å². The van der Waals surface area contributed by atoms with Gasteiger partial charge in [0.1, 0.15) is 16.5 Å². The second kappa shape index (κ2) is 6.47. The Hall–Kier alpha value is -2.25. The lowest BCUT2D eigenvalue weighted by atomic mass is 10.3. The fourth-order valence-corrected chi connectivity index (χ4v) is 3.05. The SMILES string of the molecule is CN(CC(=O)Nc1ccc(Cl)nc1)c1nc2c(F)cccc2s1. The summed E-state index contributed by atoms with van der Waals surface area (Å²) in [5.74, 6) is -0.591. The predicted molar refractivity (Wildman–Crippen MR) is 90.7 cm³/mol. The number of thiazole rings is 1. The molecule has 2 aromatic heterocycles. The van der Waals surface area contributed by atoms with Crippen LogP contribution in [0, 0.1) is 5.82 Å². The standard InChI is InChI=1S/C15H12ClFN4OS/c1-21(8-13(22)19-9-5-6-12(16)18-7-9)15-20-14-10(17)3-2-4-11(14)23-15/h2-7H,8H2,1H3,(H,19,22). The van der Waals surface area contributed by atoms with Crippen molar-refractivity contribution < 1.29 is 9.18 Å². The third-order valence-electron chi connectivity index (χ3n) is 3.08. The number of hydrogen-bond acceptors (Lipinski definition) is 5. The van der Waals surface area contributed by atoms with E-state index < -0.39 is 0 Å². The minimum Gasteiger partial charge on any atom is -0.342 e. The maximum absolute atomic E-state index is 13.7. The Morgan fingerprint density at radius 3 is 2.91 bits per heavy atom. The van der Waals surface area contributed by atoms with Gasteiger partial charge in [-0.05, 0) is 24.3 Å². The number of fused-ring (bicyclic) bond motifs is 1. The molecule has 0 unspecified atom stereocenters. The molecule has 0 spiro atoms. The maximum Gasteiger partial charge on any atom is 0.244 e. The Morgan fingerprint density at radius 2 is 2.22 bits per heavy atom. The van der Waals surface area contributed by atoms with Gasteiger partial charge in [0.25, 0.3) is 0 Å². The maximum atomic E-state index is 13.7. The second-order valence-electron chi connectivity index (χ2n) is 4.86. The quantitative estimate of drug-likeness (QED) is 0.731. The first kappa shape index (κ1) is 15.6. The lowest BCUT2D eigenvalue weighted by Crippen LogP contribution is -2.29. The summed E-state index contributed by atoms with van der Waals surface area (Å²) < 4.78 is 14.4. The van der Waals surface area contributed by atoms with E-state index in [9.17, 15) is 9.18 Å². The van der Waals surface area contributed by atoms with Crippen molar-refractivity contribution in [1.29, 1.82) is 0 Å². The molecule has 0 fully saturated rings. The molecule has 0 radical (unpaired) electrons. The van der Waals surface area contributed by atoms with Crippen molar-refractivity contribution >= 4 is 49.9 Å². The number of pyridine rings is 1. The van der Waals surface area contributed by atoms with Crippen LogP contribution in [-0.4, -0.2) is 29.5 Å². The zero-order valence-electron chi connectivity index (χ0n) is 12.1. The monoisotopic (exact) mass is 350 g/mol. The van der Waals surface area contributed by atoms with Crippen molar-refractivity contribution in [2.24, 2.45) is 0 Å². The Balaban J connectivity index is 1.69. The van der Waals surface area contributed by atoms with E-state index in [1.54, 1.807) is 36.2 Å². The normalized spacial score (nSPS) is 10.7. The molecule has 0 saturated heterocycles. The summed E-state index contributed by atoms with van der Waals surface area (Å²) >= 11 is 7.03. The first-order valence-electron chi connectivity index (χ1n) is 6.70. The van der Waals surface area contributed by atoms with E-state index in [0.29, 0.717) is 21.5 Å². The fourth-order valence-electron chi connectivity index (χ4n) is 2.00. The molecule has 3 aromatic rings. The Bertz CT molecular complexity index is 852. The number of nitrogens with zero attached hydrogens (tertiary/aromatic N) is 3. The highest BCUT2D eigenvalue weighted by Gasteiger charge is 2.14. The second-order valence-corrected chi connectivity index (χ2v) is 6.25. The van der Waals surface area contributed by atoms with Gasteiger partial charge in [-0.3, -0.25) is 4.79 Å². The van der Waals surface area contributed by atoms with Crippen LogP contribution in [0.5, 0.6) is 0 Å². The molecule has 1 amide bonds. The molecule has 0 atom stereocenters. The molecule has 1 N–H and O–H groups in total. The summed E-state index contributed by atoms with van der Waals surface area (Å²) in [4.78, 5) is 21.9. The fraction of sp³-hybridized carbons (Fsp3) is 0.133. The number of benzene rings is 1. The van der Waals surface area contributed by atoms with Crippen molar-refractivity contribution in [3.05, 3.63) is 47.5 Å². The Kier molecular flexibility index (Phi) is 4.40. The minimum atomic E-state index is -0.366. The van der Waals surface area contributed by atoms with Gasteiger partial charge < -0.3 is 10.2 Å². The molecule has 0 aliphatic rings. The molecule has 2 heterocycles. The van der Waals surface area contributed by atoms with Crippen molar-refractivity contribution in [2.75, 3.05) is 23.8 Å². The molecule has 0 aliphatic carbocycles. The molecule has 23 heavy (non-hydrogen) atoms. The third kappa shape index (κ3) is 3.57. The van der Waals surface area contributed by atoms with Gasteiger partial charge in [0, 0.05) is 7.05 Å². The van der Waals surface area contributed by atoms with Gasteiger partial charge in [-0.15, -0.1) is 0 Å². The molecular formula is C15H12ClFN4OS. The lowest BCUT2D eigenvalue weighted by Gasteiger charge is -2.15. The van der Waals surface area contributed by atoms with Gasteiger partial charge >= 0.3 is 0 Å². The molecule has 5 nitrogen and oxygen atoms in total. The predicted octanol–water partition coefficient (Wildman–Crippen LogP) is 3.56. The topological polar surface area (TPSA) is 58.1 Å². The van der Waals surface area contributed by atoms with Crippen molar-refractivity contribution in [3.63, 3.8) is 0 Å². The molecule has 0 bridgehead atoms. The number of aromatic nitrogens is 2. The summed E-state index contributed by atoms with van der Waals surface area (Å²) in [5, 5.41) is 3.65. The Labute approximate surface area is 140 Å². The van der Waals surface area contributed by atoms with Gasteiger partial charge in [-0.25, -0.2) is 14.4 Å². The summed E-state index contributed by atoms with van der Waals surface area (Å²) in [7, 11) is 1.73. The molecule has 0 saturated carbocycles. The van der Waals surface area contributed by atoms with E-state index in [2.05, 4.69) is 15.3 Å². The van der Waals surface area contributed by atoms with Crippen LogP contribution in [0.25, 0.3) is 10.2 Å². The van der Waals surface area contributed by atoms with Crippen LogP contribution in [0.2, 0.25) is 5.15 Å². The van der Waals surface area contributed by atoms with Gasteiger partial charge in [-0.2, -0.15) is 0 Å². The number of likely N-dealkylation sites (N-methyl/N-ethyl adjacent to an activating group) is 1. The summed E-state index contributed by atoms with van der Waals surface area (Å²) in [6.45, 7) is 0.0874. The summed E-state index contributed by atoms with van der Waals surface area (Å²) in [6.07, 6.45) is 1.48. The lowest BCUT2D eigenvalue weighted by molar-refractivity contribution is -0.114. The van der Waals surface area contributed by atoms with Crippen molar-refractivity contribution in [2.45, 2.75) is 0 Å². The first-order valence-corrected chi connectivity index (χ1v) is 7.90. The van der Waals surface area contributed by atoms with E-state index in [1.807, 2.05) is 0 Å². The van der Waals surface area contributed by atoms with E-state index >= 15 is 0 Å². The number of halogens is 2. The van der Waals surface area contributed by atoms with E-state index in [1.165, 1.54) is 23.6 Å². The molecule has 8 heteroatoms. The average molecular weight is 351 g/mol. The van der Waals surface area contributed by atoms with E-state index in [0.717, 1.165) is 4.70 Å². The highest BCUT2D eigenvalue weighted by atomic mass is 35.5. The van der Waals surface area contributed by atoms with Crippen molar-refractivity contribution in [1.82, 2.24) is 9.97 Å². The van der Waals surface area contributed by atoms with E-state index in [4.69, 9.17) is 11.6 Å². The number of nitrogens with one attached hydrogen (secondary N) is 1. The zero-order chi connectivity index (χ0) is 16.4. The number of anilines is 2. The van der Waals surface area contributed by atoms with Crippen LogP contribution in [-0.2, 0) is 4.79 Å². The van der Waals surface area contributed by atoms with Crippen LogP contribution in [0.4, 0.5) is 15.2 Å². The number of amides is 1. The third-order valence-corrected chi connectivity index (χ3v) is 4.44. The van der Waals surface area contributed by atoms with Gasteiger partial charge in [0.05, 0.1) is 23.1 Å². The van der Waals surface area contributed by atoms with Crippen LogP contribution in [0.3, 0.4) is 0 Å². The number of hydrogen-bond donors (Lipinski definition) is 1. The number of carbonyl (C=O) groups is 1. The van der Waals surface area contributed by atoms with Crippen LogP contribution in [0.15, 0.2) is 36.5 Å². The molecule has 0 aliphatic heterocycles. The largest absolute Gasteiger partial charge is 0.342 e. The number of rotatable bonds is 4. The summed E-state index contributed by atoms with van der Waals surface area (Å²) in [5.41, 5.74) is 0.879. The molecule has 3 rings (SSSR count). The highest BCUT2D eigenvalue weighted by Crippen LogP contribution is 2.29. The minimum absolute atomic E-state index is 0.0874. The first-order chi connectivity index (χ1) is 11.0. The Morgan fingerprint density at radius 1 is 1.39 bits per heavy atom. The number of carbonyl (C=O) groups excluding carboxylic acids is 1.